The van der Waals surface area contributed by atoms with E-state index in [1.54, 1.807) is 0 Å². The van der Waals surface area contributed by atoms with Gasteiger partial charge in [-0.25, -0.2) is 4.98 Å². The van der Waals surface area contributed by atoms with Gasteiger partial charge in [-0.1, -0.05) is 109 Å². The molecule has 0 bridgehead atoms. The van der Waals surface area contributed by atoms with Gasteiger partial charge in [-0.3, -0.25) is 9.13 Å². The Balaban J connectivity index is 1.55. The number of rotatable bonds is 4. The van der Waals surface area contributed by atoms with Gasteiger partial charge in [-0.2, -0.15) is 0 Å². The monoisotopic (exact) mass is 564 g/mol. The topological polar surface area (TPSA) is 27.7 Å². The van der Waals surface area contributed by atoms with Gasteiger partial charge in [0.2, 0.25) is 0 Å². The van der Waals surface area contributed by atoms with Gasteiger partial charge < -0.3 is 4.57 Å². The SMILES string of the molecule is Cc1ccccc1-n1c2ccccc2c2ccc3c4c(nc(-c5ccccc5)n4-c4ccccc4)n(-c4ccccc4)c3c21. The Kier molecular flexibility index (Phi) is 5.38. The summed E-state index contributed by atoms with van der Waals surface area (Å²) < 4.78 is 7.15. The van der Waals surface area contributed by atoms with Gasteiger partial charge >= 0.3 is 0 Å². The molecule has 0 spiro atoms. The molecule has 0 amide bonds. The molecule has 3 aromatic heterocycles. The van der Waals surface area contributed by atoms with Crippen molar-refractivity contribution in [3.05, 3.63) is 157 Å². The molecule has 3 heterocycles. The van der Waals surface area contributed by atoms with Crippen LogP contribution in [0.3, 0.4) is 0 Å². The molecule has 9 rings (SSSR count). The number of imidazole rings is 1. The molecule has 0 aliphatic rings. The van der Waals surface area contributed by atoms with E-state index in [0.29, 0.717) is 0 Å². The van der Waals surface area contributed by atoms with Gasteiger partial charge in [0.25, 0.3) is 0 Å². The van der Waals surface area contributed by atoms with Crippen LogP contribution < -0.4 is 0 Å². The zero-order valence-corrected chi connectivity index (χ0v) is 24.2. The van der Waals surface area contributed by atoms with Crippen molar-refractivity contribution in [1.29, 1.82) is 0 Å². The van der Waals surface area contributed by atoms with Crippen molar-refractivity contribution in [3.63, 3.8) is 0 Å². The molecule has 4 heteroatoms. The minimum absolute atomic E-state index is 0.924. The highest BCUT2D eigenvalue weighted by molar-refractivity contribution is 6.23. The molecule has 6 aromatic carbocycles. The van der Waals surface area contributed by atoms with Crippen LogP contribution in [-0.2, 0) is 0 Å². The highest BCUT2D eigenvalue weighted by Gasteiger charge is 2.26. The number of para-hydroxylation sites is 4. The number of fused-ring (bicyclic) bond motifs is 7. The molecule has 0 N–H and O–H groups in total. The summed E-state index contributed by atoms with van der Waals surface area (Å²) >= 11 is 0. The zero-order valence-electron chi connectivity index (χ0n) is 24.2. The second-order valence-electron chi connectivity index (χ2n) is 11.3. The van der Waals surface area contributed by atoms with E-state index >= 15 is 0 Å². The number of hydrogen-bond acceptors (Lipinski definition) is 1. The lowest BCUT2D eigenvalue weighted by Crippen LogP contribution is -2.01. The molecule has 0 aliphatic carbocycles. The summed E-state index contributed by atoms with van der Waals surface area (Å²) in [6.07, 6.45) is 0. The molecule has 44 heavy (non-hydrogen) atoms. The van der Waals surface area contributed by atoms with E-state index < -0.39 is 0 Å². The van der Waals surface area contributed by atoms with Gasteiger partial charge in [-0.15, -0.1) is 0 Å². The molecule has 0 unspecified atom stereocenters. The Morgan fingerprint density at radius 2 is 1.00 bits per heavy atom. The van der Waals surface area contributed by atoms with Crippen LogP contribution in [0.5, 0.6) is 0 Å². The molecule has 0 radical (unpaired) electrons. The molecular formula is C40H28N4. The standard InChI is InChI=1S/C40H28N4/c1-27-15-11-13-23-34(27)44-35-24-14-12-22-31(35)32-25-26-33-37(36(32)44)42(29-18-7-3-8-19-29)40-38(33)43(30-20-9-4-10-21-30)39(41-40)28-16-5-2-6-17-28/h2-26H,1H3. The van der Waals surface area contributed by atoms with Crippen LogP contribution in [0.15, 0.2) is 152 Å². The maximum absolute atomic E-state index is 5.47. The molecular weight excluding hydrogens is 536 g/mol. The molecule has 0 saturated heterocycles. The van der Waals surface area contributed by atoms with Gasteiger partial charge in [-0.05, 0) is 55.0 Å². The highest BCUT2D eigenvalue weighted by Crippen LogP contribution is 2.43. The molecule has 0 saturated carbocycles. The fourth-order valence-electron chi connectivity index (χ4n) is 6.87. The minimum Gasteiger partial charge on any atom is -0.307 e. The lowest BCUT2D eigenvalue weighted by atomic mass is 10.1. The third kappa shape index (κ3) is 3.48. The van der Waals surface area contributed by atoms with Gasteiger partial charge in [0, 0.05) is 38.8 Å². The number of hydrogen-bond donors (Lipinski definition) is 0. The normalized spacial score (nSPS) is 11.8. The first kappa shape index (κ1) is 24.7. The predicted octanol–water partition coefficient (Wildman–Crippen LogP) is 10.0. The average Bonchev–Trinajstić information content (AvgIpc) is 3.73. The summed E-state index contributed by atoms with van der Waals surface area (Å²) in [7, 11) is 0. The van der Waals surface area contributed by atoms with Crippen molar-refractivity contribution in [2.45, 2.75) is 6.92 Å². The molecule has 208 valence electrons. The van der Waals surface area contributed by atoms with E-state index in [4.69, 9.17) is 4.98 Å². The van der Waals surface area contributed by atoms with E-state index in [1.165, 1.54) is 33.1 Å². The maximum atomic E-state index is 5.47. The van der Waals surface area contributed by atoms with E-state index in [2.05, 4.69) is 172 Å². The van der Waals surface area contributed by atoms with Crippen LogP contribution in [0, 0.1) is 6.92 Å². The summed E-state index contributed by atoms with van der Waals surface area (Å²) in [4.78, 5) is 5.47. The number of aromatic nitrogens is 4. The lowest BCUT2D eigenvalue weighted by molar-refractivity contribution is 1.09. The third-order valence-corrected chi connectivity index (χ3v) is 8.78. The van der Waals surface area contributed by atoms with Crippen LogP contribution in [0.4, 0.5) is 0 Å². The van der Waals surface area contributed by atoms with Crippen molar-refractivity contribution in [2.24, 2.45) is 0 Å². The van der Waals surface area contributed by atoms with Crippen LogP contribution >= 0.6 is 0 Å². The minimum atomic E-state index is 0.924. The first-order chi connectivity index (χ1) is 21.8. The van der Waals surface area contributed by atoms with Crippen molar-refractivity contribution in [2.75, 3.05) is 0 Å². The molecule has 9 aromatic rings. The van der Waals surface area contributed by atoms with Gasteiger partial charge in [0.05, 0.1) is 16.6 Å². The first-order valence-corrected chi connectivity index (χ1v) is 15.0. The Labute approximate surface area is 254 Å². The van der Waals surface area contributed by atoms with Crippen molar-refractivity contribution in [1.82, 2.24) is 18.7 Å². The molecule has 4 nitrogen and oxygen atoms in total. The van der Waals surface area contributed by atoms with E-state index in [1.807, 2.05) is 0 Å². The van der Waals surface area contributed by atoms with Crippen LogP contribution in [0.25, 0.3) is 72.3 Å². The molecule has 0 atom stereocenters. The van der Waals surface area contributed by atoms with Crippen molar-refractivity contribution < 1.29 is 0 Å². The van der Waals surface area contributed by atoms with E-state index in [9.17, 15) is 0 Å². The van der Waals surface area contributed by atoms with Crippen molar-refractivity contribution >= 4 is 43.9 Å². The Bertz CT molecular complexity index is 2480. The summed E-state index contributed by atoms with van der Waals surface area (Å²) in [5, 5.41) is 3.62. The maximum Gasteiger partial charge on any atom is 0.165 e. The Hall–Kier alpha value is -5.87. The number of nitrogens with zero attached hydrogens (tertiary/aromatic N) is 4. The smallest absolute Gasteiger partial charge is 0.165 e. The summed E-state index contributed by atoms with van der Waals surface area (Å²) in [6, 6.07) is 53.8. The van der Waals surface area contributed by atoms with Gasteiger partial charge in [0.15, 0.2) is 5.65 Å². The Morgan fingerprint density at radius 1 is 0.432 bits per heavy atom. The summed E-state index contributed by atoms with van der Waals surface area (Å²) in [5.41, 5.74) is 11.2. The van der Waals surface area contributed by atoms with Crippen molar-refractivity contribution in [3.8, 4) is 28.5 Å². The van der Waals surface area contributed by atoms with E-state index in [0.717, 1.165) is 44.8 Å². The van der Waals surface area contributed by atoms with E-state index in [-0.39, 0.29) is 0 Å². The van der Waals surface area contributed by atoms with Gasteiger partial charge in [0.1, 0.15) is 11.3 Å². The first-order valence-electron chi connectivity index (χ1n) is 15.0. The third-order valence-electron chi connectivity index (χ3n) is 8.78. The molecule has 0 fully saturated rings. The summed E-state index contributed by atoms with van der Waals surface area (Å²) in [5.74, 6) is 0.924. The largest absolute Gasteiger partial charge is 0.307 e. The second-order valence-corrected chi connectivity index (χ2v) is 11.3. The fraction of sp³-hybridized carbons (Fsp3) is 0.0250. The van der Waals surface area contributed by atoms with Crippen LogP contribution in [0.2, 0.25) is 0 Å². The summed E-state index contributed by atoms with van der Waals surface area (Å²) in [6.45, 7) is 2.19. The Morgan fingerprint density at radius 3 is 1.73 bits per heavy atom. The fourth-order valence-corrected chi connectivity index (χ4v) is 6.87. The average molecular weight is 565 g/mol. The quantitative estimate of drug-likeness (QED) is 0.209. The lowest BCUT2D eigenvalue weighted by Gasteiger charge is -2.14. The molecule has 0 aliphatic heterocycles. The highest BCUT2D eigenvalue weighted by atomic mass is 15.2. The number of benzene rings is 6. The number of aryl methyl sites for hydroxylation is 1. The van der Waals surface area contributed by atoms with Crippen LogP contribution in [0.1, 0.15) is 5.56 Å². The zero-order chi connectivity index (χ0) is 29.2. The second kappa shape index (κ2) is 9.58. The predicted molar refractivity (Wildman–Crippen MR) is 182 cm³/mol. The van der Waals surface area contributed by atoms with Crippen LogP contribution in [-0.4, -0.2) is 18.7 Å².